The van der Waals surface area contributed by atoms with Crippen molar-refractivity contribution in [1.82, 2.24) is 15.3 Å². The minimum Gasteiger partial charge on any atom is -0.332 e. The number of carbonyl (C=O) groups is 1. The highest BCUT2D eigenvalue weighted by Gasteiger charge is 2.04. The van der Waals surface area contributed by atoms with Gasteiger partial charge in [-0.25, -0.2) is 9.78 Å². The summed E-state index contributed by atoms with van der Waals surface area (Å²) >= 11 is 1.62. The molecule has 0 atom stereocenters. The quantitative estimate of drug-likeness (QED) is 0.766. The topological polar surface area (TPSA) is 66.9 Å². The zero-order valence-corrected chi connectivity index (χ0v) is 13.4. The van der Waals surface area contributed by atoms with E-state index in [0.29, 0.717) is 6.54 Å². The molecule has 5 nitrogen and oxygen atoms in total. The first kappa shape index (κ1) is 15.2. The average molecular weight is 324 g/mol. The zero-order valence-electron chi connectivity index (χ0n) is 12.6. The number of benzene rings is 1. The van der Waals surface area contributed by atoms with Crippen LogP contribution in [0.1, 0.15) is 10.7 Å². The number of nitrogens with one attached hydrogen (secondary N) is 2. The third-order valence-electron chi connectivity index (χ3n) is 3.21. The lowest BCUT2D eigenvalue weighted by Crippen LogP contribution is -2.28. The van der Waals surface area contributed by atoms with Crippen LogP contribution in [0.15, 0.2) is 54.0 Å². The Hall–Kier alpha value is -2.73. The van der Waals surface area contributed by atoms with Gasteiger partial charge in [-0.2, -0.15) is 0 Å². The van der Waals surface area contributed by atoms with Crippen LogP contribution in [0.3, 0.4) is 0 Å². The summed E-state index contributed by atoms with van der Waals surface area (Å²) in [6, 6.07) is 13.0. The standard InChI is InChI=1S/C17H16N4OS/c1-12-20-16(11-23-12)13-5-7-14(8-6-13)21-17(22)19-10-15-4-2-3-9-18-15/h2-9,11H,10H2,1H3,(H2,19,21,22). The molecule has 2 heterocycles. The summed E-state index contributed by atoms with van der Waals surface area (Å²) in [5, 5.41) is 8.64. The molecule has 3 rings (SSSR count). The Morgan fingerprint density at radius 2 is 2.00 bits per heavy atom. The molecule has 6 heteroatoms. The van der Waals surface area contributed by atoms with Crippen molar-refractivity contribution in [3.8, 4) is 11.3 Å². The third kappa shape index (κ3) is 4.14. The van der Waals surface area contributed by atoms with Gasteiger partial charge in [-0.3, -0.25) is 4.98 Å². The molecule has 0 bridgehead atoms. The van der Waals surface area contributed by atoms with Crippen molar-refractivity contribution in [2.24, 2.45) is 0 Å². The largest absolute Gasteiger partial charge is 0.332 e. The van der Waals surface area contributed by atoms with Gasteiger partial charge in [0, 0.05) is 22.8 Å². The highest BCUT2D eigenvalue weighted by Crippen LogP contribution is 2.22. The predicted octanol–water partition coefficient (Wildman–Crippen LogP) is 3.84. The number of aromatic nitrogens is 2. The summed E-state index contributed by atoms with van der Waals surface area (Å²) in [6.45, 7) is 2.37. The van der Waals surface area contributed by atoms with Crippen LogP contribution in [0.5, 0.6) is 0 Å². The molecular weight excluding hydrogens is 308 g/mol. The number of aryl methyl sites for hydroxylation is 1. The number of rotatable bonds is 4. The van der Waals surface area contributed by atoms with Crippen molar-refractivity contribution in [1.29, 1.82) is 0 Å². The van der Waals surface area contributed by atoms with E-state index in [1.165, 1.54) is 0 Å². The highest BCUT2D eigenvalue weighted by molar-refractivity contribution is 7.09. The molecule has 0 unspecified atom stereocenters. The minimum absolute atomic E-state index is 0.257. The van der Waals surface area contributed by atoms with E-state index in [1.54, 1.807) is 17.5 Å². The van der Waals surface area contributed by atoms with Gasteiger partial charge in [0.05, 0.1) is 22.9 Å². The van der Waals surface area contributed by atoms with Gasteiger partial charge in [-0.15, -0.1) is 11.3 Å². The fourth-order valence-corrected chi connectivity index (χ4v) is 2.69. The summed E-state index contributed by atoms with van der Waals surface area (Å²) < 4.78 is 0. The first-order chi connectivity index (χ1) is 11.2. The number of pyridine rings is 1. The molecule has 0 aliphatic heterocycles. The first-order valence-corrected chi connectivity index (χ1v) is 8.06. The van der Waals surface area contributed by atoms with Crippen LogP contribution in [0.4, 0.5) is 10.5 Å². The van der Waals surface area contributed by atoms with E-state index in [-0.39, 0.29) is 6.03 Å². The fraction of sp³-hybridized carbons (Fsp3) is 0.118. The second kappa shape index (κ2) is 7.02. The van der Waals surface area contributed by atoms with E-state index < -0.39 is 0 Å². The second-order valence-electron chi connectivity index (χ2n) is 4.96. The van der Waals surface area contributed by atoms with E-state index in [2.05, 4.69) is 20.6 Å². The van der Waals surface area contributed by atoms with Crippen LogP contribution in [0.25, 0.3) is 11.3 Å². The van der Waals surface area contributed by atoms with E-state index in [9.17, 15) is 4.79 Å². The molecule has 3 aromatic rings. The molecule has 0 saturated carbocycles. The van der Waals surface area contributed by atoms with Crippen molar-refractivity contribution in [2.45, 2.75) is 13.5 Å². The van der Waals surface area contributed by atoms with Gasteiger partial charge in [0.2, 0.25) is 0 Å². The maximum absolute atomic E-state index is 11.9. The van der Waals surface area contributed by atoms with Gasteiger partial charge < -0.3 is 10.6 Å². The molecule has 0 aliphatic carbocycles. The Morgan fingerprint density at radius 1 is 1.17 bits per heavy atom. The van der Waals surface area contributed by atoms with Crippen LogP contribution in [-0.2, 0) is 6.54 Å². The molecule has 23 heavy (non-hydrogen) atoms. The van der Waals surface area contributed by atoms with E-state index in [1.807, 2.05) is 54.8 Å². The number of hydrogen-bond acceptors (Lipinski definition) is 4. The Balaban J connectivity index is 1.56. The maximum atomic E-state index is 11.9. The van der Waals surface area contributed by atoms with Gasteiger partial charge in [0.1, 0.15) is 0 Å². The number of thiazole rings is 1. The first-order valence-electron chi connectivity index (χ1n) is 7.18. The van der Waals surface area contributed by atoms with Gasteiger partial charge in [-0.1, -0.05) is 18.2 Å². The van der Waals surface area contributed by atoms with Gasteiger partial charge in [-0.05, 0) is 31.2 Å². The average Bonchev–Trinajstić information content (AvgIpc) is 3.01. The second-order valence-corrected chi connectivity index (χ2v) is 6.02. The maximum Gasteiger partial charge on any atom is 0.319 e. The van der Waals surface area contributed by atoms with Gasteiger partial charge >= 0.3 is 6.03 Å². The summed E-state index contributed by atoms with van der Waals surface area (Å²) in [5.41, 5.74) is 3.54. The van der Waals surface area contributed by atoms with E-state index in [0.717, 1.165) is 27.6 Å². The van der Waals surface area contributed by atoms with Gasteiger partial charge in [0.15, 0.2) is 0 Å². The number of nitrogens with zero attached hydrogens (tertiary/aromatic N) is 2. The van der Waals surface area contributed by atoms with Crippen molar-refractivity contribution >= 4 is 23.1 Å². The smallest absolute Gasteiger partial charge is 0.319 e. The number of anilines is 1. The molecule has 0 saturated heterocycles. The monoisotopic (exact) mass is 324 g/mol. The summed E-state index contributed by atoms with van der Waals surface area (Å²) in [5.74, 6) is 0. The molecule has 0 radical (unpaired) electrons. The summed E-state index contributed by atoms with van der Waals surface area (Å²) in [7, 11) is 0. The van der Waals surface area contributed by atoms with Crippen LogP contribution < -0.4 is 10.6 Å². The lowest BCUT2D eigenvalue weighted by molar-refractivity contribution is 0.251. The number of amides is 2. The number of carbonyl (C=O) groups excluding carboxylic acids is 1. The molecule has 0 fully saturated rings. The Kier molecular flexibility index (Phi) is 4.63. The number of hydrogen-bond donors (Lipinski definition) is 2. The predicted molar refractivity (Wildman–Crippen MR) is 92.4 cm³/mol. The lowest BCUT2D eigenvalue weighted by Gasteiger charge is -2.07. The van der Waals surface area contributed by atoms with Crippen LogP contribution in [0.2, 0.25) is 0 Å². The number of urea groups is 1. The Morgan fingerprint density at radius 3 is 2.65 bits per heavy atom. The molecule has 116 valence electrons. The van der Waals surface area contributed by atoms with Crippen molar-refractivity contribution < 1.29 is 4.79 Å². The molecule has 2 amide bonds. The Labute approximate surface area is 138 Å². The molecule has 2 aromatic heterocycles. The molecule has 0 aliphatic rings. The zero-order chi connectivity index (χ0) is 16.1. The third-order valence-corrected chi connectivity index (χ3v) is 3.99. The molecule has 2 N–H and O–H groups in total. The van der Waals surface area contributed by atoms with Crippen molar-refractivity contribution in [3.63, 3.8) is 0 Å². The van der Waals surface area contributed by atoms with E-state index in [4.69, 9.17) is 0 Å². The highest BCUT2D eigenvalue weighted by atomic mass is 32.1. The van der Waals surface area contributed by atoms with E-state index >= 15 is 0 Å². The fourth-order valence-electron chi connectivity index (χ4n) is 2.07. The normalized spacial score (nSPS) is 10.3. The van der Waals surface area contributed by atoms with Crippen molar-refractivity contribution in [2.75, 3.05) is 5.32 Å². The molecule has 1 aromatic carbocycles. The molecular formula is C17H16N4OS. The SMILES string of the molecule is Cc1nc(-c2ccc(NC(=O)NCc3ccccn3)cc2)cs1. The lowest BCUT2D eigenvalue weighted by atomic mass is 10.1. The van der Waals surface area contributed by atoms with Crippen molar-refractivity contribution in [3.05, 3.63) is 64.7 Å². The summed E-state index contributed by atoms with van der Waals surface area (Å²) in [4.78, 5) is 20.5. The van der Waals surface area contributed by atoms with Crippen LogP contribution >= 0.6 is 11.3 Å². The molecule has 0 spiro atoms. The van der Waals surface area contributed by atoms with Gasteiger partial charge in [0.25, 0.3) is 0 Å². The van der Waals surface area contributed by atoms with Crippen LogP contribution in [0, 0.1) is 6.92 Å². The summed E-state index contributed by atoms with van der Waals surface area (Å²) in [6.07, 6.45) is 1.70. The Bertz CT molecular complexity index is 784. The van der Waals surface area contributed by atoms with Crippen LogP contribution in [-0.4, -0.2) is 16.0 Å². The minimum atomic E-state index is -0.257.